The van der Waals surface area contributed by atoms with Gasteiger partial charge in [0, 0.05) is 25.0 Å². The van der Waals surface area contributed by atoms with Crippen LogP contribution in [0.15, 0.2) is 22.5 Å². The number of thiophene rings is 1. The molecule has 0 spiro atoms. The number of ether oxygens (including phenoxy) is 1. The van der Waals surface area contributed by atoms with Gasteiger partial charge in [-0.25, -0.2) is 9.79 Å². The molecule has 25 heavy (non-hydrogen) atoms. The highest BCUT2D eigenvalue weighted by Crippen LogP contribution is 2.45. The minimum Gasteiger partial charge on any atom is -0.444 e. The zero-order valence-electron chi connectivity index (χ0n) is 15.2. The lowest BCUT2D eigenvalue weighted by Gasteiger charge is -2.38. The van der Waals surface area contributed by atoms with Gasteiger partial charge in [-0.1, -0.05) is 6.07 Å². The number of hydrogen-bond acceptors (Lipinski definition) is 6. The molecular weight excluding hydrogens is 340 g/mol. The highest BCUT2D eigenvalue weighted by molar-refractivity contribution is 7.10. The Bertz CT molecular complexity index is 710. The van der Waals surface area contributed by atoms with Gasteiger partial charge >= 0.3 is 6.09 Å². The lowest BCUT2D eigenvalue weighted by molar-refractivity contribution is -0.132. The van der Waals surface area contributed by atoms with E-state index in [1.807, 2.05) is 24.6 Å². The van der Waals surface area contributed by atoms with E-state index in [0.29, 0.717) is 13.1 Å². The molecule has 0 aromatic carbocycles. The standard InChI is InChI=1S/C17H24N4O3S/c1-16(2,3)24-15(23)18-14-19-17(12-7-6-8-25-12)10-20(4)9-11(17)13(22)21(14)5/h6-8,11H,9-10H2,1-5H3,(H,18,19,23). The van der Waals surface area contributed by atoms with E-state index in [1.165, 1.54) is 4.90 Å². The van der Waals surface area contributed by atoms with Crippen LogP contribution in [-0.4, -0.2) is 60.5 Å². The van der Waals surface area contributed by atoms with E-state index in [1.54, 1.807) is 39.2 Å². The fourth-order valence-corrected chi connectivity index (χ4v) is 4.30. The van der Waals surface area contributed by atoms with Crippen LogP contribution >= 0.6 is 11.3 Å². The van der Waals surface area contributed by atoms with E-state index >= 15 is 0 Å². The summed E-state index contributed by atoms with van der Waals surface area (Å²) >= 11 is 1.58. The van der Waals surface area contributed by atoms with Gasteiger partial charge in [0.15, 0.2) is 0 Å². The van der Waals surface area contributed by atoms with Crippen molar-refractivity contribution in [2.24, 2.45) is 10.9 Å². The largest absolute Gasteiger partial charge is 0.444 e. The first-order valence-electron chi connectivity index (χ1n) is 8.22. The summed E-state index contributed by atoms with van der Waals surface area (Å²) in [6.07, 6.45) is -0.614. The summed E-state index contributed by atoms with van der Waals surface area (Å²) in [5.41, 5.74) is -1.28. The first kappa shape index (κ1) is 17.9. The second kappa shape index (κ2) is 6.10. The van der Waals surface area contributed by atoms with Crippen molar-refractivity contribution >= 4 is 29.3 Å². The number of likely N-dealkylation sites (tertiary alicyclic amines) is 1. The minimum absolute atomic E-state index is 0.0428. The molecule has 1 aromatic heterocycles. The molecule has 2 atom stereocenters. The Labute approximate surface area is 151 Å². The molecule has 2 aliphatic rings. The second-order valence-corrected chi connectivity index (χ2v) is 8.56. The van der Waals surface area contributed by atoms with E-state index in [9.17, 15) is 9.59 Å². The average molecular weight is 364 g/mol. The van der Waals surface area contributed by atoms with Gasteiger partial charge in [-0.3, -0.25) is 15.0 Å². The molecular formula is C17H24N4O3S. The predicted molar refractivity (Wildman–Crippen MR) is 96.6 cm³/mol. The molecule has 1 aromatic rings. The number of amides is 2. The monoisotopic (exact) mass is 364 g/mol. The van der Waals surface area contributed by atoms with Gasteiger partial charge in [0.05, 0.1) is 5.92 Å². The SMILES string of the molecule is CN1CC2C(=O)N(C)C(NC(=O)OC(C)(C)C)=NC2(c2cccs2)C1. The molecule has 7 nitrogen and oxygen atoms in total. The molecule has 0 aliphatic carbocycles. The molecule has 2 unspecified atom stereocenters. The fourth-order valence-electron chi connectivity index (χ4n) is 3.38. The minimum atomic E-state index is -0.656. The molecule has 3 rings (SSSR count). The summed E-state index contributed by atoms with van der Waals surface area (Å²) < 4.78 is 5.30. The summed E-state index contributed by atoms with van der Waals surface area (Å²) in [7, 11) is 3.62. The smallest absolute Gasteiger partial charge is 0.414 e. The Morgan fingerprint density at radius 3 is 2.76 bits per heavy atom. The number of aliphatic imine (C=N–C) groups is 1. The van der Waals surface area contributed by atoms with Crippen molar-refractivity contribution in [2.45, 2.75) is 31.9 Å². The normalized spacial score (nSPS) is 27.1. The molecule has 1 N–H and O–H groups in total. The summed E-state index contributed by atoms with van der Waals surface area (Å²) in [5, 5.41) is 4.63. The third kappa shape index (κ3) is 3.28. The lowest BCUT2D eigenvalue weighted by Crippen LogP contribution is -2.56. The van der Waals surface area contributed by atoms with Crippen LogP contribution in [0.5, 0.6) is 0 Å². The fraction of sp³-hybridized carbons (Fsp3) is 0.588. The molecule has 136 valence electrons. The Balaban J connectivity index is 1.98. The van der Waals surface area contributed by atoms with Crippen LogP contribution in [0, 0.1) is 5.92 Å². The van der Waals surface area contributed by atoms with Crippen molar-refractivity contribution in [1.82, 2.24) is 15.1 Å². The number of fused-ring (bicyclic) bond motifs is 1. The van der Waals surface area contributed by atoms with E-state index in [2.05, 4.69) is 10.2 Å². The number of carbonyl (C=O) groups excluding carboxylic acids is 2. The molecule has 1 fully saturated rings. The predicted octanol–water partition coefficient (Wildman–Crippen LogP) is 1.86. The number of likely N-dealkylation sites (N-methyl/N-ethyl adjacent to an activating group) is 1. The maximum Gasteiger partial charge on any atom is 0.414 e. The van der Waals surface area contributed by atoms with Gasteiger partial charge in [-0.2, -0.15) is 0 Å². The number of nitrogens with zero attached hydrogens (tertiary/aromatic N) is 3. The van der Waals surface area contributed by atoms with Crippen molar-refractivity contribution in [1.29, 1.82) is 0 Å². The number of rotatable bonds is 1. The molecule has 3 heterocycles. The first-order valence-corrected chi connectivity index (χ1v) is 9.10. The zero-order chi connectivity index (χ0) is 18.4. The highest BCUT2D eigenvalue weighted by atomic mass is 32.1. The third-order valence-corrected chi connectivity index (χ3v) is 5.43. The van der Waals surface area contributed by atoms with E-state index < -0.39 is 17.2 Å². The van der Waals surface area contributed by atoms with Crippen molar-refractivity contribution in [3.05, 3.63) is 22.4 Å². The molecule has 2 amide bonds. The van der Waals surface area contributed by atoms with Gasteiger partial charge in [0.2, 0.25) is 11.9 Å². The van der Waals surface area contributed by atoms with E-state index in [0.717, 1.165) is 4.88 Å². The average Bonchev–Trinajstić information content (AvgIpc) is 3.10. The quantitative estimate of drug-likeness (QED) is 0.825. The molecule has 2 aliphatic heterocycles. The number of alkyl carbamates (subject to hydrolysis) is 1. The molecule has 0 radical (unpaired) electrons. The second-order valence-electron chi connectivity index (χ2n) is 7.61. The number of carbonyl (C=O) groups is 2. The van der Waals surface area contributed by atoms with Crippen molar-refractivity contribution in [2.75, 3.05) is 27.2 Å². The number of guanidine groups is 1. The molecule has 8 heteroatoms. The Morgan fingerprint density at radius 1 is 1.44 bits per heavy atom. The van der Waals surface area contributed by atoms with Crippen LogP contribution < -0.4 is 5.32 Å². The van der Waals surface area contributed by atoms with Crippen molar-refractivity contribution in [3.8, 4) is 0 Å². The van der Waals surface area contributed by atoms with Crippen molar-refractivity contribution < 1.29 is 14.3 Å². The van der Waals surface area contributed by atoms with Crippen molar-refractivity contribution in [3.63, 3.8) is 0 Å². The summed E-state index contributed by atoms with van der Waals surface area (Å²) in [6.45, 7) is 6.65. The van der Waals surface area contributed by atoms with Crippen LogP contribution in [0.3, 0.4) is 0 Å². The maximum absolute atomic E-state index is 13.0. The molecule has 0 bridgehead atoms. The van der Waals surface area contributed by atoms with Crippen LogP contribution in [0.4, 0.5) is 4.79 Å². The summed E-state index contributed by atoms with van der Waals surface area (Å²) in [5.74, 6) is -0.0663. The number of hydrogen-bond donors (Lipinski definition) is 1. The van der Waals surface area contributed by atoms with Crippen LogP contribution in [0.2, 0.25) is 0 Å². The van der Waals surface area contributed by atoms with Crippen LogP contribution in [0.25, 0.3) is 0 Å². The van der Waals surface area contributed by atoms with Gasteiger partial charge in [-0.15, -0.1) is 11.3 Å². The van der Waals surface area contributed by atoms with E-state index in [-0.39, 0.29) is 17.8 Å². The van der Waals surface area contributed by atoms with Gasteiger partial charge in [0.1, 0.15) is 11.1 Å². The topological polar surface area (TPSA) is 74.2 Å². The Morgan fingerprint density at radius 2 is 2.16 bits per heavy atom. The summed E-state index contributed by atoms with van der Waals surface area (Å²) in [6, 6.07) is 3.97. The van der Waals surface area contributed by atoms with E-state index in [4.69, 9.17) is 9.73 Å². The first-order chi connectivity index (χ1) is 11.6. The summed E-state index contributed by atoms with van der Waals surface area (Å²) in [4.78, 5) is 34.5. The lowest BCUT2D eigenvalue weighted by atomic mass is 9.84. The maximum atomic E-state index is 13.0. The van der Waals surface area contributed by atoms with Gasteiger partial charge < -0.3 is 9.64 Å². The Hall–Kier alpha value is -1.93. The van der Waals surface area contributed by atoms with Crippen LogP contribution in [-0.2, 0) is 15.1 Å². The van der Waals surface area contributed by atoms with Crippen LogP contribution in [0.1, 0.15) is 25.6 Å². The van der Waals surface area contributed by atoms with Gasteiger partial charge in [-0.05, 0) is 39.3 Å². The molecule has 0 saturated carbocycles. The molecule has 1 saturated heterocycles. The Kier molecular flexibility index (Phi) is 4.36. The highest BCUT2D eigenvalue weighted by Gasteiger charge is 2.55. The number of nitrogens with one attached hydrogen (secondary N) is 1. The zero-order valence-corrected chi connectivity index (χ0v) is 16.0. The van der Waals surface area contributed by atoms with Gasteiger partial charge in [0.25, 0.3) is 0 Å². The third-order valence-electron chi connectivity index (χ3n) is 4.39.